The number of carbonyl (C=O) groups excluding carboxylic acids is 1. The van der Waals surface area contributed by atoms with Gasteiger partial charge in [0.1, 0.15) is 0 Å². The number of hydrogen-bond acceptors (Lipinski definition) is 4. The summed E-state index contributed by atoms with van der Waals surface area (Å²) in [6, 6.07) is -0.118. The number of hydrogen-bond donors (Lipinski definition) is 2. The SMILES string of the molecule is COCCCNC(=O)C(C)NCCN1CCCCC1. The van der Waals surface area contributed by atoms with Crippen LogP contribution in [0.5, 0.6) is 0 Å². The first-order valence-corrected chi connectivity index (χ1v) is 7.46. The van der Waals surface area contributed by atoms with E-state index in [1.165, 1.54) is 32.4 Å². The Bertz CT molecular complexity index is 243. The van der Waals surface area contributed by atoms with Gasteiger partial charge in [-0.1, -0.05) is 6.42 Å². The molecule has 1 unspecified atom stereocenters. The molecule has 0 bridgehead atoms. The molecule has 1 amide bonds. The highest BCUT2D eigenvalue weighted by Gasteiger charge is 2.13. The average Bonchev–Trinajstić information content (AvgIpc) is 2.44. The van der Waals surface area contributed by atoms with E-state index in [-0.39, 0.29) is 11.9 Å². The van der Waals surface area contributed by atoms with Gasteiger partial charge in [0.25, 0.3) is 0 Å². The van der Waals surface area contributed by atoms with Crippen LogP contribution in [-0.2, 0) is 9.53 Å². The molecule has 0 aliphatic carbocycles. The third kappa shape index (κ3) is 7.50. The van der Waals surface area contributed by atoms with Crippen LogP contribution in [0.2, 0.25) is 0 Å². The lowest BCUT2D eigenvalue weighted by Crippen LogP contribution is -2.45. The van der Waals surface area contributed by atoms with Gasteiger partial charge in [0.2, 0.25) is 5.91 Å². The summed E-state index contributed by atoms with van der Waals surface area (Å²) in [5.41, 5.74) is 0. The van der Waals surface area contributed by atoms with E-state index in [9.17, 15) is 4.79 Å². The fourth-order valence-electron chi connectivity index (χ4n) is 2.30. The zero-order valence-electron chi connectivity index (χ0n) is 12.4. The van der Waals surface area contributed by atoms with Crippen molar-refractivity contribution in [3.63, 3.8) is 0 Å². The highest BCUT2D eigenvalue weighted by molar-refractivity contribution is 5.81. The van der Waals surface area contributed by atoms with E-state index in [0.717, 1.165) is 19.5 Å². The summed E-state index contributed by atoms with van der Waals surface area (Å²) in [7, 11) is 1.67. The smallest absolute Gasteiger partial charge is 0.236 e. The fourth-order valence-corrected chi connectivity index (χ4v) is 2.30. The van der Waals surface area contributed by atoms with Crippen molar-refractivity contribution in [2.45, 2.75) is 38.6 Å². The van der Waals surface area contributed by atoms with Crippen LogP contribution in [0.15, 0.2) is 0 Å². The topological polar surface area (TPSA) is 53.6 Å². The molecule has 1 aliphatic rings. The maximum absolute atomic E-state index is 11.8. The van der Waals surface area contributed by atoms with Gasteiger partial charge in [-0.25, -0.2) is 0 Å². The molecule has 112 valence electrons. The van der Waals surface area contributed by atoms with E-state index in [1.54, 1.807) is 7.11 Å². The molecule has 0 radical (unpaired) electrons. The predicted molar refractivity (Wildman–Crippen MR) is 77.3 cm³/mol. The number of likely N-dealkylation sites (tertiary alicyclic amines) is 1. The van der Waals surface area contributed by atoms with Gasteiger partial charge in [-0.3, -0.25) is 4.79 Å². The second-order valence-corrected chi connectivity index (χ2v) is 5.22. The summed E-state index contributed by atoms with van der Waals surface area (Å²) < 4.78 is 4.94. The van der Waals surface area contributed by atoms with Crippen LogP contribution in [0, 0.1) is 0 Å². The summed E-state index contributed by atoms with van der Waals surface area (Å²) in [6.45, 7) is 7.64. The number of nitrogens with zero attached hydrogens (tertiary/aromatic N) is 1. The number of rotatable bonds is 9. The van der Waals surface area contributed by atoms with E-state index >= 15 is 0 Å². The van der Waals surface area contributed by atoms with Crippen LogP contribution in [0.3, 0.4) is 0 Å². The first-order valence-electron chi connectivity index (χ1n) is 7.46. The molecule has 1 saturated heterocycles. The number of ether oxygens (including phenoxy) is 1. The molecule has 0 saturated carbocycles. The molecule has 0 aromatic carbocycles. The summed E-state index contributed by atoms with van der Waals surface area (Å²) in [4.78, 5) is 14.2. The van der Waals surface area contributed by atoms with Gasteiger partial charge >= 0.3 is 0 Å². The molecular formula is C14H29N3O2. The maximum atomic E-state index is 11.8. The summed E-state index contributed by atoms with van der Waals surface area (Å²) in [5, 5.41) is 6.20. The van der Waals surface area contributed by atoms with Crippen LogP contribution in [0.4, 0.5) is 0 Å². The Kier molecular flexibility index (Phi) is 8.79. The molecule has 1 atom stereocenters. The van der Waals surface area contributed by atoms with Gasteiger partial charge in [-0.2, -0.15) is 0 Å². The standard InChI is InChI=1S/C14H29N3O2/c1-13(14(18)16-7-6-12-19-2)15-8-11-17-9-4-3-5-10-17/h13,15H,3-12H2,1-2H3,(H,16,18). The van der Waals surface area contributed by atoms with Crippen molar-refractivity contribution in [1.29, 1.82) is 0 Å². The summed E-state index contributed by atoms with van der Waals surface area (Å²) in [6.07, 6.45) is 4.86. The summed E-state index contributed by atoms with van der Waals surface area (Å²) in [5.74, 6) is 0.0785. The van der Waals surface area contributed by atoms with Crippen LogP contribution in [0.1, 0.15) is 32.6 Å². The lowest BCUT2D eigenvalue weighted by Gasteiger charge is -2.27. The molecule has 0 spiro atoms. The molecule has 1 aliphatic heterocycles. The van der Waals surface area contributed by atoms with E-state index in [4.69, 9.17) is 4.74 Å². The number of carbonyl (C=O) groups is 1. The average molecular weight is 271 g/mol. The Balaban J connectivity index is 2.02. The predicted octanol–water partition coefficient (Wildman–Crippen LogP) is 0.603. The zero-order valence-corrected chi connectivity index (χ0v) is 12.4. The molecule has 19 heavy (non-hydrogen) atoms. The molecule has 5 heteroatoms. The third-order valence-corrected chi connectivity index (χ3v) is 3.54. The third-order valence-electron chi connectivity index (χ3n) is 3.54. The summed E-state index contributed by atoms with van der Waals surface area (Å²) >= 11 is 0. The van der Waals surface area contributed by atoms with Crippen LogP contribution in [0.25, 0.3) is 0 Å². The van der Waals surface area contributed by atoms with Gasteiger partial charge in [-0.15, -0.1) is 0 Å². The minimum absolute atomic E-state index is 0.0785. The molecule has 0 aromatic rings. The van der Waals surface area contributed by atoms with Crippen LogP contribution >= 0.6 is 0 Å². The molecule has 1 fully saturated rings. The molecule has 0 aromatic heterocycles. The largest absolute Gasteiger partial charge is 0.385 e. The van der Waals surface area contributed by atoms with Crippen LogP contribution < -0.4 is 10.6 Å². The Labute approximate surface area is 117 Å². The quantitative estimate of drug-likeness (QED) is 0.603. The van der Waals surface area contributed by atoms with Gasteiger partial charge in [0.15, 0.2) is 0 Å². The van der Waals surface area contributed by atoms with E-state index in [2.05, 4.69) is 15.5 Å². The number of methoxy groups -OCH3 is 1. The van der Waals surface area contributed by atoms with Crippen molar-refractivity contribution in [3.05, 3.63) is 0 Å². The zero-order chi connectivity index (χ0) is 13.9. The van der Waals surface area contributed by atoms with Gasteiger partial charge < -0.3 is 20.3 Å². The highest BCUT2D eigenvalue weighted by atomic mass is 16.5. The van der Waals surface area contributed by atoms with E-state index in [1.807, 2.05) is 6.92 Å². The molecule has 2 N–H and O–H groups in total. The first kappa shape index (κ1) is 16.4. The Hall–Kier alpha value is -0.650. The molecular weight excluding hydrogens is 242 g/mol. The Morgan fingerprint density at radius 2 is 2.00 bits per heavy atom. The highest BCUT2D eigenvalue weighted by Crippen LogP contribution is 2.07. The lowest BCUT2D eigenvalue weighted by atomic mass is 10.1. The second-order valence-electron chi connectivity index (χ2n) is 5.22. The maximum Gasteiger partial charge on any atom is 0.236 e. The van der Waals surface area contributed by atoms with E-state index < -0.39 is 0 Å². The normalized spacial score (nSPS) is 18.2. The minimum atomic E-state index is -0.118. The second kappa shape index (κ2) is 10.2. The van der Waals surface area contributed by atoms with Crippen molar-refractivity contribution < 1.29 is 9.53 Å². The molecule has 5 nitrogen and oxygen atoms in total. The van der Waals surface area contributed by atoms with Crippen molar-refractivity contribution >= 4 is 5.91 Å². The van der Waals surface area contributed by atoms with Crippen molar-refractivity contribution in [1.82, 2.24) is 15.5 Å². The van der Waals surface area contributed by atoms with Gasteiger partial charge in [0.05, 0.1) is 6.04 Å². The number of piperidine rings is 1. The van der Waals surface area contributed by atoms with Gasteiger partial charge in [-0.05, 0) is 39.3 Å². The number of amides is 1. The van der Waals surface area contributed by atoms with Crippen molar-refractivity contribution in [2.75, 3.05) is 46.4 Å². The van der Waals surface area contributed by atoms with E-state index in [0.29, 0.717) is 13.2 Å². The Morgan fingerprint density at radius 1 is 1.26 bits per heavy atom. The van der Waals surface area contributed by atoms with Crippen LogP contribution in [-0.4, -0.2) is 63.3 Å². The fraction of sp³-hybridized carbons (Fsp3) is 0.929. The monoisotopic (exact) mass is 271 g/mol. The van der Waals surface area contributed by atoms with Crippen molar-refractivity contribution in [2.24, 2.45) is 0 Å². The minimum Gasteiger partial charge on any atom is -0.385 e. The number of nitrogens with one attached hydrogen (secondary N) is 2. The first-order chi connectivity index (χ1) is 9.24. The Morgan fingerprint density at radius 3 is 2.68 bits per heavy atom. The lowest BCUT2D eigenvalue weighted by molar-refractivity contribution is -0.122. The molecule has 1 rings (SSSR count). The van der Waals surface area contributed by atoms with Gasteiger partial charge in [0, 0.05) is 33.4 Å². The van der Waals surface area contributed by atoms with Crippen molar-refractivity contribution in [3.8, 4) is 0 Å². The molecule has 1 heterocycles.